The molecule has 1 aliphatic rings. The summed E-state index contributed by atoms with van der Waals surface area (Å²) in [7, 11) is 0. The molecular formula is C18H19NO2S. The molecular weight excluding hydrogens is 294 g/mol. The van der Waals surface area contributed by atoms with E-state index in [1.54, 1.807) is 17.4 Å². The van der Waals surface area contributed by atoms with Crippen LogP contribution in [0.2, 0.25) is 0 Å². The minimum absolute atomic E-state index is 0.0487. The van der Waals surface area contributed by atoms with Crippen molar-refractivity contribution in [2.75, 3.05) is 13.2 Å². The fourth-order valence-electron chi connectivity index (χ4n) is 2.52. The van der Waals surface area contributed by atoms with E-state index in [0.717, 1.165) is 24.3 Å². The van der Waals surface area contributed by atoms with E-state index in [0.29, 0.717) is 13.1 Å². The number of likely N-dealkylation sites (N-methyl/N-ethyl adjacent to an activating group) is 1. The fourth-order valence-corrected chi connectivity index (χ4v) is 3.24. The number of benzene rings is 1. The average Bonchev–Trinajstić information content (AvgIpc) is 3.20. The van der Waals surface area contributed by atoms with Gasteiger partial charge >= 0.3 is 0 Å². The highest BCUT2D eigenvalue weighted by Crippen LogP contribution is 2.26. The van der Waals surface area contributed by atoms with Crippen molar-refractivity contribution in [1.29, 1.82) is 0 Å². The molecule has 1 aliphatic heterocycles. The van der Waals surface area contributed by atoms with Gasteiger partial charge in [0.1, 0.15) is 5.75 Å². The highest BCUT2D eigenvalue weighted by atomic mass is 32.1. The van der Waals surface area contributed by atoms with Crippen molar-refractivity contribution in [3.63, 3.8) is 0 Å². The summed E-state index contributed by atoms with van der Waals surface area (Å²) in [5, 5.41) is 2.04. The lowest BCUT2D eigenvalue weighted by atomic mass is 10.1. The lowest BCUT2D eigenvalue weighted by Crippen LogP contribution is -2.28. The number of rotatable bonds is 5. The molecule has 0 bridgehead atoms. The van der Waals surface area contributed by atoms with E-state index in [1.807, 2.05) is 41.5 Å². The molecule has 0 atom stereocenters. The van der Waals surface area contributed by atoms with Gasteiger partial charge in [0.05, 0.1) is 13.2 Å². The third-order valence-corrected chi connectivity index (χ3v) is 4.61. The predicted molar refractivity (Wildman–Crippen MR) is 90.1 cm³/mol. The van der Waals surface area contributed by atoms with Crippen molar-refractivity contribution in [3.8, 4) is 5.75 Å². The third-order valence-electron chi connectivity index (χ3n) is 3.75. The van der Waals surface area contributed by atoms with Crippen LogP contribution in [0.25, 0.3) is 6.08 Å². The molecule has 0 saturated carbocycles. The molecule has 0 saturated heterocycles. The second-order valence-corrected chi connectivity index (χ2v) is 6.26. The first-order chi connectivity index (χ1) is 10.8. The summed E-state index contributed by atoms with van der Waals surface area (Å²) in [6.07, 6.45) is 4.50. The highest BCUT2D eigenvalue weighted by molar-refractivity contribution is 7.09. The zero-order valence-corrected chi connectivity index (χ0v) is 13.4. The normalized spacial score (nSPS) is 13.1. The summed E-state index contributed by atoms with van der Waals surface area (Å²) in [6.45, 7) is 4.15. The Kier molecular flexibility index (Phi) is 4.59. The molecule has 22 heavy (non-hydrogen) atoms. The Labute approximate surface area is 134 Å². The van der Waals surface area contributed by atoms with Gasteiger partial charge in [0.2, 0.25) is 5.91 Å². The standard InChI is InChI=1S/C18H19NO2S/c1-2-19(13-16-4-3-11-22-16)18(20)8-6-14-5-7-17-15(12-14)9-10-21-17/h3-8,11-12H,2,9-10,13H2,1H3. The van der Waals surface area contributed by atoms with Crippen LogP contribution < -0.4 is 4.74 Å². The largest absolute Gasteiger partial charge is 0.493 e. The van der Waals surface area contributed by atoms with E-state index >= 15 is 0 Å². The van der Waals surface area contributed by atoms with Crippen LogP contribution in [0.1, 0.15) is 22.9 Å². The van der Waals surface area contributed by atoms with Gasteiger partial charge in [-0.1, -0.05) is 12.1 Å². The van der Waals surface area contributed by atoms with Crippen LogP contribution in [0, 0.1) is 0 Å². The summed E-state index contributed by atoms with van der Waals surface area (Å²) in [5.41, 5.74) is 2.27. The van der Waals surface area contributed by atoms with Gasteiger partial charge in [-0.15, -0.1) is 11.3 Å². The van der Waals surface area contributed by atoms with Gasteiger partial charge in [0.25, 0.3) is 0 Å². The average molecular weight is 313 g/mol. The maximum absolute atomic E-state index is 12.3. The Morgan fingerprint density at radius 3 is 3.09 bits per heavy atom. The van der Waals surface area contributed by atoms with Crippen LogP contribution in [0.15, 0.2) is 41.8 Å². The van der Waals surface area contributed by atoms with Crippen molar-refractivity contribution >= 4 is 23.3 Å². The van der Waals surface area contributed by atoms with Crippen molar-refractivity contribution in [2.24, 2.45) is 0 Å². The summed E-state index contributed by atoms with van der Waals surface area (Å²) in [4.78, 5) is 15.4. The monoisotopic (exact) mass is 313 g/mol. The molecule has 0 aliphatic carbocycles. The van der Waals surface area contributed by atoms with Gasteiger partial charge in [-0.3, -0.25) is 4.79 Å². The van der Waals surface area contributed by atoms with Gasteiger partial charge in [0, 0.05) is 23.9 Å². The highest BCUT2D eigenvalue weighted by Gasteiger charge is 2.12. The van der Waals surface area contributed by atoms with Crippen LogP contribution in [-0.2, 0) is 17.8 Å². The van der Waals surface area contributed by atoms with E-state index in [9.17, 15) is 4.79 Å². The minimum atomic E-state index is 0.0487. The first-order valence-corrected chi connectivity index (χ1v) is 8.39. The number of fused-ring (bicyclic) bond motifs is 1. The second kappa shape index (κ2) is 6.79. The van der Waals surface area contributed by atoms with E-state index in [-0.39, 0.29) is 5.91 Å². The number of hydrogen-bond donors (Lipinski definition) is 0. The summed E-state index contributed by atoms with van der Waals surface area (Å²) >= 11 is 1.68. The molecule has 4 heteroatoms. The summed E-state index contributed by atoms with van der Waals surface area (Å²) in [6, 6.07) is 10.1. The van der Waals surface area contributed by atoms with Gasteiger partial charge in [-0.05, 0) is 47.7 Å². The molecule has 0 unspecified atom stereocenters. The first kappa shape index (κ1) is 14.9. The second-order valence-electron chi connectivity index (χ2n) is 5.23. The van der Waals surface area contributed by atoms with Crippen LogP contribution >= 0.6 is 11.3 Å². The zero-order valence-electron chi connectivity index (χ0n) is 12.6. The van der Waals surface area contributed by atoms with Gasteiger partial charge in [-0.2, -0.15) is 0 Å². The zero-order chi connectivity index (χ0) is 15.4. The Morgan fingerprint density at radius 1 is 1.41 bits per heavy atom. The SMILES string of the molecule is CCN(Cc1cccs1)C(=O)C=Cc1ccc2c(c1)CCO2. The van der Waals surface area contributed by atoms with Crippen LogP contribution in [0.4, 0.5) is 0 Å². The fraction of sp³-hybridized carbons (Fsp3) is 0.278. The Balaban J connectivity index is 1.66. The number of ether oxygens (including phenoxy) is 1. The van der Waals surface area contributed by atoms with Crippen molar-refractivity contribution in [1.82, 2.24) is 4.90 Å². The molecule has 114 valence electrons. The molecule has 0 spiro atoms. The molecule has 0 radical (unpaired) electrons. The molecule has 2 aromatic rings. The molecule has 1 amide bonds. The van der Waals surface area contributed by atoms with Crippen LogP contribution in [-0.4, -0.2) is 24.0 Å². The Morgan fingerprint density at radius 2 is 2.32 bits per heavy atom. The molecule has 1 aromatic heterocycles. The minimum Gasteiger partial charge on any atom is -0.493 e. The summed E-state index contributed by atoms with van der Waals surface area (Å²) in [5.74, 6) is 1.02. The van der Waals surface area contributed by atoms with Crippen LogP contribution in [0.5, 0.6) is 5.75 Å². The van der Waals surface area contributed by atoms with Gasteiger partial charge in [-0.25, -0.2) is 0 Å². The number of carbonyl (C=O) groups excluding carboxylic acids is 1. The number of thiophene rings is 1. The lowest BCUT2D eigenvalue weighted by Gasteiger charge is -2.18. The molecule has 3 nitrogen and oxygen atoms in total. The van der Waals surface area contributed by atoms with Crippen molar-refractivity contribution in [2.45, 2.75) is 19.9 Å². The third kappa shape index (κ3) is 3.39. The molecule has 2 heterocycles. The van der Waals surface area contributed by atoms with Gasteiger partial charge in [0.15, 0.2) is 0 Å². The molecule has 1 aromatic carbocycles. The molecule has 0 N–H and O–H groups in total. The molecule has 0 fully saturated rings. The van der Waals surface area contributed by atoms with Crippen molar-refractivity contribution in [3.05, 3.63) is 57.8 Å². The number of carbonyl (C=O) groups is 1. The van der Waals surface area contributed by atoms with Crippen LogP contribution in [0.3, 0.4) is 0 Å². The number of hydrogen-bond acceptors (Lipinski definition) is 3. The smallest absolute Gasteiger partial charge is 0.246 e. The predicted octanol–water partition coefficient (Wildman–Crippen LogP) is 3.74. The quantitative estimate of drug-likeness (QED) is 0.787. The molecule has 3 rings (SSSR count). The Bertz CT molecular complexity index is 676. The van der Waals surface area contributed by atoms with E-state index in [2.05, 4.69) is 12.1 Å². The maximum Gasteiger partial charge on any atom is 0.246 e. The summed E-state index contributed by atoms with van der Waals surface area (Å²) < 4.78 is 5.50. The number of amides is 1. The van der Waals surface area contributed by atoms with E-state index in [4.69, 9.17) is 4.74 Å². The Hall–Kier alpha value is -2.07. The van der Waals surface area contributed by atoms with E-state index in [1.165, 1.54) is 10.4 Å². The maximum atomic E-state index is 12.3. The lowest BCUT2D eigenvalue weighted by molar-refractivity contribution is -0.126. The topological polar surface area (TPSA) is 29.5 Å². The van der Waals surface area contributed by atoms with Gasteiger partial charge < -0.3 is 9.64 Å². The first-order valence-electron chi connectivity index (χ1n) is 7.51. The number of nitrogens with zero attached hydrogens (tertiary/aromatic N) is 1. The van der Waals surface area contributed by atoms with Crippen molar-refractivity contribution < 1.29 is 9.53 Å². The van der Waals surface area contributed by atoms with E-state index < -0.39 is 0 Å².